The molecule has 0 aliphatic heterocycles. The monoisotopic (exact) mass is 1950 g/mol. The van der Waals surface area contributed by atoms with E-state index in [4.69, 9.17) is 9.68 Å². The second-order valence-electron chi connectivity index (χ2n) is 37.0. The zero-order valence-electron chi connectivity index (χ0n) is 76.1. The quantitative estimate of drug-likeness (QED) is 0.0675. The molecule has 675 valence electrons. The molecule has 30 aromatic rings. The molecule has 1 radical (unpaired) electrons. The highest BCUT2D eigenvalue weighted by molar-refractivity contribution is 7.88. The van der Waals surface area contributed by atoms with Gasteiger partial charge in [0, 0.05) is 101 Å². The molecule has 1 N–H and O–H groups in total. The van der Waals surface area contributed by atoms with Crippen LogP contribution in [0.1, 0.15) is 5.56 Å². The third-order valence-corrected chi connectivity index (χ3v) is 35.8. The van der Waals surface area contributed by atoms with Crippen LogP contribution in [0.5, 0.6) is 11.5 Å². The van der Waals surface area contributed by atoms with E-state index in [9.17, 15) is 21.6 Å². The Morgan fingerprint density at radius 1 is 0.217 bits per heavy atom. The van der Waals surface area contributed by atoms with Gasteiger partial charge in [0.25, 0.3) is 0 Å². The minimum absolute atomic E-state index is 0.390. The predicted molar refractivity (Wildman–Crippen MR) is 610 cm³/mol. The van der Waals surface area contributed by atoms with Gasteiger partial charge in [0.1, 0.15) is 11.5 Å². The number of thiophene rings is 5. The van der Waals surface area contributed by atoms with Gasteiger partial charge < -0.3 is 13.9 Å². The lowest BCUT2D eigenvalue weighted by Gasteiger charge is -2.14. The first-order valence-corrected chi connectivity index (χ1v) is 52.8. The third-order valence-electron chi connectivity index (χ3n) is 28.9. The summed E-state index contributed by atoms with van der Waals surface area (Å²) < 4.78 is 85.1. The van der Waals surface area contributed by atoms with Gasteiger partial charge in [-0.2, -0.15) is 21.6 Å². The van der Waals surface area contributed by atoms with Crippen molar-refractivity contribution in [1.82, 2.24) is 0 Å². The molecule has 0 bridgehead atoms. The minimum Gasteiger partial charge on any atom is -0.537 e. The standard InChI is InChI=1S/C72H40S3.C38H21F3O3S2.C18H12BO2S/c1-3-19-51-49(17-1)59-35-43(41-13-9-15-45(33-41)47-23-11-25-57-55-21-5-7-27-67(55)74-71(47)57)29-31-53(59)63-39-69-65(37-61(51)63)66-38-62-52-20-4-2-18-50(52)60-36-44(30-32-54(60)64(62)40-70(66)73-69)42-14-10-16-46(34-42)48-24-12-26-58-56-22-6-8-28-68(56)75-72(48)58;1-20-10-12-26-28(14-20)22-6-2-4-8-24(22)30-16-34-35-17-31-25-9-5-3-7-23(25)29-15-21(44-46(42,43)38(39,40)41)11-13-27(29)33(31)19-37(35)45-36(34)18-32(26)30;20-19-21-13-6-3-5-12(11-13)14-8-4-9-16-15-7-1-2-10-17(15)22-18(14)16/h1-40H;2-19H,1H3;1-11,20H. The van der Waals surface area contributed by atoms with Crippen LogP contribution in [-0.4, -0.2) is 26.6 Å². The summed E-state index contributed by atoms with van der Waals surface area (Å²) in [7, 11) is -5.10. The van der Waals surface area contributed by atoms with Crippen LogP contribution in [0.15, 0.2) is 419 Å². The van der Waals surface area contributed by atoms with E-state index in [-0.39, 0.29) is 0 Å². The van der Waals surface area contributed by atoms with Crippen molar-refractivity contribution in [3.05, 3.63) is 424 Å². The van der Waals surface area contributed by atoms with Crippen molar-refractivity contribution >= 4 is 305 Å². The van der Waals surface area contributed by atoms with Gasteiger partial charge in [-0.25, -0.2) is 0 Å². The van der Waals surface area contributed by atoms with Crippen LogP contribution in [0.25, 0.3) is 286 Å². The maximum absolute atomic E-state index is 13.1. The van der Waals surface area contributed by atoms with Gasteiger partial charge in [0.2, 0.25) is 0 Å². The SMILES string of the molecule is Cc1ccc2c(c1)c1ccccc1c1cc3c(cc21)sc1cc2c4ccc(OS(=O)(=O)C(F)(F)F)cc4c4ccccc4c2cc13.O[B]Oc1cccc(-c2cccc3c2sc2ccccc23)c1.c1cc(-c2ccc3c(c2)c2ccccc2c2cc4c(cc32)sc2cc3c5ccc(-c6cccc(-c7cccc8c7sc7ccccc78)c6)cc5c5ccccc5c3cc24)cc(-c2cccc3c2sc2ccccc23)c1. The highest BCUT2D eigenvalue weighted by atomic mass is 32.2. The van der Waals surface area contributed by atoms with E-state index in [0.29, 0.717) is 18.8 Å². The molecule has 30 rings (SSSR count). The molecule has 0 aliphatic rings. The number of benzene rings is 25. The first kappa shape index (κ1) is 85.1. The van der Waals surface area contributed by atoms with E-state index in [1.807, 2.05) is 76.5 Å². The Morgan fingerprint density at radius 2 is 0.490 bits per heavy atom. The van der Waals surface area contributed by atoms with Gasteiger partial charge in [0.15, 0.2) is 0 Å². The molecule has 0 aliphatic carbocycles. The summed E-state index contributed by atoms with van der Waals surface area (Å²) in [5.41, 5.74) is 7.94. The molecule has 25 aromatic carbocycles. The Labute approximate surface area is 836 Å². The molecular weight excluding hydrogens is 1880 g/mol. The van der Waals surface area contributed by atoms with E-state index < -0.39 is 21.4 Å². The van der Waals surface area contributed by atoms with Gasteiger partial charge >= 0.3 is 23.3 Å². The fourth-order valence-corrected chi connectivity index (χ4v) is 28.9. The van der Waals surface area contributed by atoms with Crippen LogP contribution in [0.3, 0.4) is 0 Å². The summed E-state index contributed by atoms with van der Waals surface area (Å²) in [5, 5.41) is 49.5. The smallest absolute Gasteiger partial charge is 0.537 e. The van der Waals surface area contributed by atoms with Crippen LogP contribution in [-0.2, 0) is 10.1 Å². The maximum atomic E-state index is 13.1. The topological polar surface area (TPSA) is 72.8 Å². The zero-order chi connectivity index (χ0) is 95.4. The molecule has 0 unspecified atom stereocenters. The van der Waals surface area contributed by atoms with E-state index >= 15 is 0 Å². The number of halogens is 3. The average molecular weight is 1950 g/mol. The van der Waals surface area contributed by atoms with Gasteiger partial charge in [-0.15, -0.1) is 56.7 Å². The van der Waals surface area contributed by atoms with E-state index in [2.05, 4.69) is 369 Å². The number of aryl methyl sites for hydroxylation is 1. The number of rotatable bonds is 9. The zero-order valence-corrected chi connectivity index (χ0v) is 81.0. The second-order valence-corrected chi connectivity index (χ2v) is 43.8. The van der Waals surface area contributed by atoms with Gasteiger partial charge in [0.05, 0.1) is 0 Å². The van der Waals surface area contributed by atoms with E-state index in [1.165, 1.54) is 245 Å². The summed E-state index contributed by atoms with van der Waals surface area (Å²) in [6, 6.07) is 150. The van der Waals surface area contributed by atoms with Gasteiger partial charge in [-0.3, -0.25) is 0 Å². The molecule has 5 aromatic heterocycles. The van der Waals surface area contributed by atoms with Crippen LogP contribution < -0.4 is 8.84 Å². The Balaban J connectivity index is 0.000000123. The minimum atomic E-state index is -5.80. The van der Waals surface area contributed by atoms with Crippen molar-refractivity contribution < 1.29 is 35.5 Å². The Morgan fingerprint density at radius 3 is 0.853 bits per heavy atom. The molecule has 0 saturated carbocycles. The Kier molecular flexibility index (Phi) is 19.7. The van der Waals surface area contributed by atoms with Crippen molar-refractivity contribution in [1.29, 1.82) is 0 Å². The third kappa shape index (κ3) is 13.9. The maximum Gasteiger partial charge on any atom is 0.569 e. The molecule has 0 fully saturated rings. The van der Waals surface area contributed by atoms with Crippen molar-refractivity contribution in [2.24, 2.45) is 0 Å². The molecule has 0 atom stereocenters. The number of hydrogen-bond acceptors (Lipinski definition) is 10. The predicted octanol–water partition coefficient (Wildman–Crippen LogP) is 38.5. The summed E-state index contributed by atoms with van der Waals surface area (Å²) in [6.07, 6.45) is 0. The molecule has 15 heteroatoms. The highest BCUT2D eigenvalue weighted by Crippen LogP contribution is 2.53. The normalized spacial score (nSPS) is 12.3. The second kappa shape index (κ2) is 33.1. The van der Waals surface area contributed by atoms with Crippen LogP contribution >= 0.6 is 56.7 Å². The van der Waals surface area contributed by atoms with Gasteiger partial charge in [-0.05, 0) is 313 Å². The summed E-state index contributed by atoms with van der Waals surface area (Å²) in [5.74, 6) is 0.233. The Hall–Kier alpha value is -15.9. The molecule has 5 nitrogen and oxygen atoms in total. The van der Waals surface area contributed by atoms with Crippen molar-refractivity contribution in [3.8, 4) is 67.1 Å². The average Bonchev–Trinajstić information content (AvgIpc) is 1.62. The van der Waals surface area contributed by atoms with Crippen molar-refractivity contribution in [2.45, 2.75) is 12.4 Å². The summed E-state index contributed by atoms with van der Waals surface area (Å²) >= 11 is 9.22. The van der Waals surface area contributed by atoms with Gasteiger partial charge in [-0.1, -0.05) is 303 Å². The molecule has 0 spiro atoms. The number of alkyl halides is 3. The summed E-state index contributed by atoms with van der Waals surface area (Å²) in [6.45, 7) is 2.12. The van der Waals surface area contributed by atoms with Crippen LogP contribution in [0.4, 0.5) is 13.2 Å². The molecule has 143 heavy (non-hydrogen) atoms. The highest BCUT2D eigenvalue weighted by Gasteiger charge is 2.48. The van der Waals surface area contributed by atoms with Crippen LogP contribution in [0, 0.1) is 6.92 Å². The molecule has 5 heterocycles. The lowest BCUT2D eigenvalue weighted by molar-refractivity contribution is -0.0500. The van der Waals surface area contributed by atoms with Crippen molar-refractivity contribution in [2.75, 3.05) is 0 Å². The van der Waals surface area contributed by atoms with Crippen LogP contribution in [0.2, 0.25) is 0 Å². The number of hydrogen-bond donors (Lipinski definition) is 1. The Bertz CT molecular complexity index is 10600. The lowest BCUT2D eigenvalue weighted by atomic mass is 9.90. The largest absolute Gasteiger partial charge is 0.569 e. The first-order chi connectivity index (χ1) is 70.1. The molecule has 0 saturated heterocycles. The molecule has 0 amide bonds. The lowest BCUT2D eigenvalue weighted by Crippen LogP contribution is -2.28. The van der Waals surface area contributed by atoms with E-state index in [1.54, 1.807) is 28.7 Å². The number of fused-ring (bicyclic) bond motifs is 39. The fourth-order valence-electron chi connectivity index (χ4n) is 22.5. The molecular formula is C128H73BF3O5S6. The van der Waals surface area contributed by atoms with E-state index in [0.717, 1.165) is 52.7 Å². The van der Waals surface area contributed by atoms with Crippen molar-refractivity contribution in [3.63, 3.8) is 0 Å². The first-order valence-electron chi connectivity index (χ1n) is 47.3. The summed E-state index contributed by atoms with van der Waals surface area (Å²) in [4.78, 5) is 0. The fraction of sp³-hybridized carbons (Fsp3) is 0.0156.